The summed E-state index contributed by atoms with van der Waals surface area (Å²) in [6.45, 7) is 0. The molecule has 0 N–H and O–H groups in total. The van der Waals surface area contributed by atoms with Gasteiger partial charge in [-0.2, -0.15) is 0 Å². The highest BCUT2D eigenvalue weighted by atomic mass is 35.5. The van der Waals surface area contributed by atoms with Crippen LogP contribution >= 0.6 is 22.9 Å². The first-order valence-corrected chi connectivity index (χ1v) is 9.85. The summed E-state index contributed by atoms with van der Waals surface area (Å²) in [5.41, 5.74) is 0. The van der Waals surface area contributed by atoms with E-state index in [1.165, 1.54) is 52.5 Å². The normalized spacial score (nSPS) is 12.0. The van der Waals surface area contributed by atoms with Gasteiger partial charge in [0.2, 0.25) is 0 Å². The van der Waals surface area contributed by atoms with Gasteiger partial charge in [0.05, 0.1) is 0 Å². The van der Waals surface area contributed by atoms with Crippen molar-refractivity contribution < 1.29 is 0 Å². The highest BCUT2D eigenvalue weighted by Crippen LogP contribution is 2.44. The lowest BCUT2D eigenvalue weighted by Crippen LogP contribution is -1.83. The van der Waals surface area contributed by atoms with Gasteiger partial charge in [0.15, 0.2) is 0 Å². The average Bonchev–Trinajstić information content (AvgIpc) is 3.06. The molecule has 0 aliphatic rings. The number of halogens is 1. The maximum atomic E-state index is 6.36. The molecular formula is C24H13ClS. The van der Waals surface area contributed by atoms with Gasteiger partial charge in [-0.3, -0.25) is 0 Å². The minimum Gasteiger partial charge on any atom is -0.135 e. The Kier molecular flexibility index (Phi) is 2.91. The molecule has 0 aliphatic heterocycles. The molecule has 1 aromatic heterocycles. The van der Waals surface area contributed by atoms with E-state index in [-0.39, 0.29) is 0 Å². The number of hydrogen-bond donors (Lipinski definition) is 0. The number of benzene rings is 5. The highest BCUT2D eigenvalue weighted by Gasteiger charge is 2.14. The van der Waals surface area contributed by atoms with Gasteiger partial charge in [0.1, 0.15) is 0 Å². The summed E-state index contributed by atoms with van der Waals surface area (Å²) < 4.78 is 2.70. The Morgan fingerprint density at radius 2 is 1.15 bits per heavy atom. The number of thiophene rings is 1. The minimum atomic E-state index is 0.783. The van der Waals surface area contributed by atoms with Gasteiger partial charge < -0.3 is 0 Å². The molecule has 6 rings (SSSR count). The van der Waals surface area contributed by atoms with Gasteiger partial charge in [0, 0.05) is 30.6 Å². The summed E-state index contributed by atoms with van der Waals surface area (Å²) in [6.07, 6.45) is 0. The summed E-state index contributed by atoms with van der Waals surface area (Å²) in [5.74, 6) is 0. The molecule has 0 radical (unpaired) electrons. The van der Waals surface area contributed by atoms with Crippen LogP contribution in [0.15, 0.2) is 78.9 Å². The third-order valence-corrected chi connectivity index (χ3v) is 6.74. The fourth-order valence-electron chi connectivity index (χ4n) is 4.19. The lowest BCUT2D eigenvalue weighted by atomic mass is 9.93. The summed E-state index contributed by atoms with van der Waals surface area (Å²) in [7, 11) is 0. The van der Waals surface area contributed by atoms with Crippen LogP contribution in [0.1, 0.15) is 0 Å². The molecule has 122 valence electrons. The van der Waals surface area contributed by atoms with Crippen LogP contribution in [0.4, 0.5) is 0 Å². The van der Waals surface area contributed by atoms with Crippen molar-refractivity contribution in [3.8, 4) is 0 Å². The molecule has 0 aliphatic carbocycles. The van der Waals surface area contributed by atoms with E-state index in [0.29, 0.717) is 0 Å². The standard InChI is InChI=1S/C24H13ClS/c25-14-9-10-19-21(13-14)16-6-2-1-5-15(16)18-11-12-20-17-7-3-4-8-22(17)26-24(20)23(18)19/h1-13H. The van der Waals surface area contributed by atoms with Crippen LogP contribution in [0.25, 0.3) is 52.5 Å². The lowest BCUT2D eigenvalue weighted by molar-refractivity contribution is 1.79. The second kappa shape index (κ2) is 5.20. The quantitative estimate of drug-likeness (QED) is 0.237. The third kappa shape index (κ3) is 1.85. The van der Waals surface area contributed by atoms with E-state index in [0.717, 1.165) is 5.02 Å². The van der Waals surface area contributed by atoms with Crippen molar-refractivity contribution in [1.82, 2.24) is 0 Å². The van der Waals surface area contributed by atoms with Gasteiger partial charge in [-0.1, -0.05) is 72.3 Å². The molecule has 26 heavy (non-hydrogen) atoms. The summed E-state index contributed by atoms with van der Waals surface area (Å²) in [6, 6.07) is 28.2. The first kappa shape index (κ1) is 14.5. The molecule has 0 fully saturated rings. The van der Waals surface area contributed by atoms with Crippen LogP contribution in [0.5, 0.6) is 0 Å². The number of hydrogen-bond acceptors (Lipinski definition) is 1. The molecule has 0 saturated carbocycles. The monoisotopic (exact) mass is 368 g/mol. The van der Waals surface area contributed by atoms with E-state index < -0.39 is 0 Å². The van der Waals surface area contributed by atoms with E-state index in [4.69, 9.17) is 11.6 Å². The second-order valence-electron chi connectivity index (χ2n) is 6.70. The Labute approximate surface area is 159 Å². The van der Waals surface area contributed by atoms with Gasteiger partial charge in [-0.05, 0) is 45.1 Å². The average molecular weight is 369 g/mol. The fraction of sp³-hybridized carbons (Fsp3) is 0. The summed E-state index contributed by atoms with van der Waals surface area (Å²) in [5, 5.41) is 11.2. The zero-order valence-electron chi connectivity index (χ0n) is 13.8. The molecule has 0 atom stereocenters. The Hall–Kier alpha value is -2.61. The molecule has 2 heteroatoms. The first-order chi connectivity index (χ1) is 12.8. The van der Waals surface area contributed by atoms with E-state index >= 15 is 0 Å². The van der Waals surface area contributed by atoms with Gasteiger partial charge in [0.25, 0.3) is 0 Å². The maximum absolute atomic E-state index is 6.36. The van der Waals surface area contributed by atoms with Crippen molar-refractivity contribution in [3.05, 3.63) is 83.9 Å². The molecule has 0 nitrogen and oxygen atoms in total. The van der Waals surface area contributed by atoms with Crippen molar-refractivity contribution >= 4 is 75.4 Å². The lowest BCUT2D eigenvalue weighted by Gasteiger charge is -2.11. The van der Waals surface area contributed by atoms with Crippen molar-refractivity contribution in [2.24, 2.45) is 0 Å². The van der Waals surface area contributed by atoms with Crippen molar-refractivity contribution in [3.63, 3.8) is 0 Å². The van der Waals surface area contributed by atoms with Crippen LogP contribution in [0.3, 0.4) is 0 Å². The van der Waals surface area contributed by atoms with Crippen molar-refractivity contribution in [1.29, 1.82) is 0 Å². The molecule has 5 aromatic carbocycles. The topological polar surface area (TPSA) is 0 Å². The number of fused-ring (bicyclic) bond motifs is 10. The van der Waals surface area contributed by atoms with Crippen LogP contribution in [0.2, 0.25) is 5.02 Å². The van der Waals surface area contributed by atoms with Crippen LogP contribution < -0.4 is 0 Å². The van der Waals surface area contributed by atoms with E-state index in [2.05, 4.69) is 72.8 Å². The largest absolute Gasteiger partial charge is 0.135 e. The molecule has 0 spiro atoms. The van der Waals surface area contributed by atoms with Crippen LogP contribution in [0, 0.1) is 0 Å². The zero-order chi connectivity index (χ0) is 17.3. The van der Waals surface area contributed by atoms with E-state index in [1.807, 2.05) is 17.4 Å². The Morgan fingerprint density at radius 3 is 2.00 bits per heavy atom. The van der Waals surface area contributed by atoms with Crippen molar-refractivity contribution in [2.75, 3.05) is 0 Å². The molecule has 0 unspecified atom stereocenters. The van der Waals surface area contributed by atoms with Crippen LogP contribution in [-0.2, 0) is 0 Å². The van der Waals surface area contributed by atoms with Gasteiger partial charge >= 0.3 is 0 Å². The Morgan fingerprint density at radius 1 is 0.538 bits per heavy atom. The minimum absolute atomic E-state index is 0.783. The molecule has 1 heterocycles. The third-order valence-electron chi connectivity index (χ3n) is 5.31. The SMILES string of the molecule is Clc1ccc2c(c1)c1ccccc1c1ccc3c4ccccc4sc3c12. The smallest absolute Gasteiger partial charge is 0.0440 e. The van der Waals surface area contributed by atoms with Crippen LogP contribution in [-0.4, -0.2) is 0 Å². The summed E-state index contributed by atoms with van der Waals surface area (Å²) >= 11 is 8.24. The molecule has 0 saturated heterocycles. The Bertz CT molecular complexity index is 1490. The van der Waals surface area contributed by atoms with Crippen molar-refractivity contribution in [2.45, 2.75) is 0 Å². The van der Waals surface area contributed by atoms with Gasteiger partial charge in [-0.15, -0.1) is 11.3 Å². The molecule has 0 bridgehead atoms. The first-order valence-electron chi connectivity index (χ1n) is 8.65. The maximum Gasteiger partial charge on any atom is 0.0440 e. The molecule has 6 aromatic rings. The van der Waals surface area contributed by atoms with E-state index in [9.17, 15) is 0 Å². The predicted molar refractivity (Wildman–Crippen MR) is 117 cm³/mol. The molecule has 0 amide bonds. The highest BCUT2D eigenvalue weighted by molar-refractivity contribution is 7.26. The number of rotatable bonds is 0. The predicted octanol–water partition coefficient (Wildman–Crippen LogP) is 8.17. The summed E-state index contributed by atoms with van der Waals surface area (Å²) in [4.78, 5) is 0. The Balaban J connectivity index is 2.00. The van der Waals surface area contributed by atoms with Gasteiger partial charge in [-0.25, -0.2) is 0 Å². The zero-order valence-corrected chi connectivity index (χ0v) is 15.4. The molecular weight excluding hydrogens is 356 g/mol. The fourth-order valence-corrected chi connectivity index (χ4v) is 5.63. The second-order valence-corrected chi connectivity index (χ2v) is 8.19. The van der Waals surface area contributed by atoms with E-state index in [1.54, 1.807) is 0 Å².